The van der Waals surface area contributed by atoms with Gasteiger partial charge in [-0.25, -0.2) is 34.9 Å². The molecule has 0 spiro atoms. The third kappa shape index (κ3) is 16.6. The van der Waals surface area contributed by atoms with Gasteiger partial charge >= 0.3 is 26.8 Å². The highest BCUT2D eigenvalue weighted by molar-refractivity contribution is 7.94. The highest BCUT2D eigenvalue weighted by Crippen LogP contribution is 2.49. The van der Waals surface area contributed by atoms with Crippen LogP contribution in [0.5, 0.6) is 0 Å². The second-order valence-corrected chi connectivity index (χ2v) is 21.4. The van der Waals surface area contributed by atoms with Crippen LogP contribution in [-0.2, 0) is 68.2 Å². The standard InChI is InChI=1S/C33H37N9O20S6/c34-28-30(40-37-20-1-6-23(7-2-20)64(46,47)17-15-60-67(53,54)55)27(33(44)45)31(41-39-25-10-5-22(19-26(25)66(50,51)52)63-62-59-14-12-36-11-13-43)29(35)32(28)42-38-21-3-8-24(9-4-21)65(48,49)18-16-61-68(56,57)58/h1-10,19,36,43H,11-18,34-35H2,(H,44,45)(H,50,51,52)(H,53,54,55)(H,56,57,58). The van der Waals surface area contributed by atoms with Crippen molar-refractivity contribution >= 4 is 114 Å². The number of rotatable bonds is 26. The van der Waals surface area contributed by atoms with Crippen LogP contribution in [0.2, 0.25) is 0 Å². The molecular weight excluding hydrogens is 1030 g/mol. The third-order valence-corrected chi connectivity index (χ3v) is 13.9. The summed E-state index contributed by atoms with van der Waals surface area (Å²) in [5.41, 5.74) is 7.71. The number of nitrogens with two attached hydrogens (primary N) is 2. The summed E-state index contributed by atoms with van der Waals surface area (Å²) in [5.74, 6) is -3.53. The van der Waals surface area contributed by atoms with Gasteiger partial charge in [-0.15, -0.1) is 20.5 Å². The van der Waals surface area contributed by atoms with Crippen LogP contribution >= 0.6 is 12.0 Å². The minimum absolute atomic E-state index is 0.0239. The summed E-state index contributed by atoms with van der Waals surface area (Å²) in [6.45, 7) is -1.33. The molecule has 0 radical (unpaired) electrons. The Bertz CT molecular complexity index is 3140. The van der Waals surface area contributed by atoms with Gasteiger partial charge in [-0.2, -0.15) is 39.8 Å². The van der Waals surface area contributed by atoms with Crippen LogP contribution < -0.4 is 16.8 Å². The maximum atomic E-state index is 12.9. The molecule has 0 amide bonds. The Morgan fingerprint density at radius 3 is 1.53 bits per heavy atom. The summed E-state index contributed by atoms with van der Waals surface area (Å²) >= 11 is 0.540. The van der Waals surface area contributed by atoms with E-state index in [1.807, 2.05) is 0 Å². The lowest BCUT2D eigenvalue weighted by atomic mass is 10.1. The second kappa shape index (κ2) is 23.7. The number of carboxylic acid groups (broad SMARTS) is 1. The van der Waals surface area contributed by atoms with Gasteiger partial charge in [0.1, 0.15) is 33.2 Å². The average Bonchev–Trinajstić information content (AvgIpc) is 3.24. The molecule has 0 aliphatic carbocycles. The first-order valence-corrected chi connectivity index (χ1v) is 26.5. The van der Waals surface area contributed by atoms with Crippen molar-refractivity contribution < 1.29 is 88.3 Å². The number of carbonyl (C=O) groups is 1. The molecule has 10 N–H and O–H groups in total. The van der Waals surface area contributed by atoms with Crippen molar-refractivity contribution in [3.63, 3.8) is 0 Å². The zero-order chi connectivity index (χ0) is 50.5. The molecule has 0 saturated heterocycles. The van der Waals surface area contributed by atoms with E-state index in [0.29, 0.717) is 25.1 Å². The summed E-state index contributed by atoms with van der Waals surface area (Å²) in [6.07, 6.45) is 0. The first-order valence-electron chi connectivity index (χ1n) is 18.2. The van der Waals surface area contributed by atoms with Crippen LogP contribution in [0.25, 0.3) is 0 Å². The van der Waals surface area contributed by atoms with E-state index < -0.39 is 126 Å². The first kappa shape index (κ1) is 55.1. The number of sulfone groups is 2. The molecule has 0 bridgehead atoms. The van der Waals surface area contributed by atoms with Crippen molar-refractivity contribution in [2.45, 2.75) is 19.6 Å². The van der Waals surface area contributed by atoms with Crippen LogP contribution in [-0.4, -0.2) is 123 Å². The number of carboxylic acids is 1. The van der Waals surface area contributed by atoms with Crippen molar-refractivity contribution in [2.24, 2.45) is 30.7 Å². The summed E-state index contributed by atoms with van der Waals surface area (Å²) in [5, 5.41) is 45.6. The molecule has 370 valence electrons. The monoisotopic (exact) mass is 1070 g/mol. The molecule has 0 saturated carbocycles. The Morgan fingerprint density at radius 1 is 0.618 bits per heavy atom. The van der Waals surface area contributed by atoms with E-state index in [0.717, 1.165) is 60.7 Å². The Balaban J connectivity index is 1.80. The number of azo groups is 3. The Labute approximate surface area is 390 Å². The molecule has 0 aromatic heterocycles. The van der Waals surface area contributed by atoms with Gasteiger partial charge < -0.3 is 27.0 Å². The fourth-order valence-corrected chi connectivity index (χ4v) is 9.20. The van der Waals surface area contributed by atoms with Gasteiger partial charge in [0.2, 0.25) is 0 Å². The summed E-state index contributed by atoms with van der Waals surface area (Å²) in [4.78, 5) is 16.4. The first-order chi connectivity index (χ1) is 31.7. The number of aliphatic hydroxyl groups excluding tert-OH is 1. The summed E-state index contributed by atoms with van der Waals surface area (Å²) in [7, 11) is -23.3. The topological polar surface area (TPSA) is 464 Å². The van der Waals surface area contributed by atoms with E-state index in [1.165, 1.54) is 6.07 Å². The molecule has 0 atom stereocenters. The van der Waals surface area contributed by atoms with Gasteiger partial charge in [0.05, 0.1) is 82.5 Å². The van der Waals surface area contributed by atoms with Gasteiger partial charge in [-0.05, 0) is 66.7 Å². The number of nitrogens with one attached hydrogen (secondary N) is 1. The van der Waals surface area contributed by atoms with E-state index in [-0.39, 0.29) is 39.3 Å². The largest absolute Gasteiger partial charge is 0.478 e. The predicted octanol–water partition coefficient (Wildman–Crippen LogP) is 3.77. The molecule has 29 nitrogen and oxygen atoms in total. The number of hydrogen-bond acceptors (Lipinski definition) is 26. The fraction of sp³-hybridized carbons (Fsp3) is 0.242. The van der Waals surface area contributed by atoms with Gasteiger partial charge in [0.15, 0.2) is 19.7 Å². The van der Waals surface area contributed by atoms with Crippen molar-refractivity contribution in [3.05, 3.63) is 72.3 Å². The minimum Gasteiger partial charge on any atom is -0.478 e. The highest BCUT2D eigenvalue weighted by Gasteiger charge is 2.28. The number of aromatic carboxylic acids is 1. The molecule has 4 aromatic rings. The van der Waals surface area contributed by atoms with Crippen molar-refractivity contribution in [2.75, 3.05) is 62.5 Å². The van der Waals surface area contributed by atoms with Crippen LogP contribution in [0, 0.1) is 0 Å². The molecule has 0 heterocycles. The van der Waals surface area contributed by atoms with Crippen LogP contribution in [0.15, 0.2) is 117 Å². The van der Waals surface area contributed by atoms with Crippen molar-refractivity contribution in [3.8, 4) is 0 Å². The SMILES string of the molecule is Nc1c(N=Nc2ccc(S(=O)(=O)CCOS(=O)(=O)O)cc2)c(N)c(N=Nc2ccc(SOOCCNCCO)cc2S(=O)(=O)O)c(C(=O)O)c1N=Nc1ccc(S(=O)(=O)CCOS(=O)(=O)O)cc1. The quantitative estimate of drug-likeness (QED) is 0.00843. The maximum Gasteiger partial charge on any atom is 0.397 e. The van der Waals surface area contributed by atoms with E-state index in [4.69, 9.17) is 34.9 Å². The minimum atomic E-state index is -5.08. The third-order valence-electron chi connectivity index (χ3n) is 8.10. The van der Waals surface area contributed by atoms with Crippen molar-refractivity contribution in [1.29, 1.82) is 0 Å². The van der Waals surface area contributed by atoms with Crippen molar-refractivity contribution in [1.82, 2.24) is 5.32 Å². The zero-order valence-electron chi connectivity index (χ0n) is 34.2. The Morgan fingerprint density at radius 2 is 1.09 bits per heavy atom. The summed E-state index contributed by atoms with van der Waals surface area (Å²) in [6, 6.07) is 11.9. The molecule has 0 aliphatic heterocycles. The highest BCUT2D eigenvalue weighted by atomic mass is 32.3. The van der Waals surface area contributed by atoms with Gasteiger partial charge in [0.25, 0.3) is 10.1 Å². The lowest BCUT2D eigenvalue weighted by Crippen LogP contribution is -2.22. The van der Waals surface area contributed by atoms with E-state index >= 15 is 0 Å². The summed E-state index contributed by atoms with van der Waals surface area (Å²) < 4.78 is 159. The lowest BCUT2D eigenvalue weighted by molar-refractivity contribution is -0.188. The smallest absolute Gasteiger partial charge is 0.397 e. The van der Waals surface area contributed by atoms with Gasteiger partial charge in [-0.1, -0.05) is 0 Å². The number of aliphatic hydroxyl groups is 1. The molecule has 35 heteroatoms. The Hall–Kier alpha value is -5.51. The molecule has 4 rings (SSSR count). The number of benzene rings is 4. The molecule has 0 fully saturated rings. The number of nitrogens with zero attached hydrogens (tertiary/aromatic N) is 6. The second-order valence-electron chi connectivity index (χ2n) is 12.8. The molecule has 0 aliphatic rings. The van der Waals surface area contributed by atoms with Crippen LogP contribution in [0.3, 0.4) is 0 Å². The van der Waals surface area contributed by atoms with Gasteiger partial charge in [-0.3, -0.25) is 13.7 Å². The molecule has 4 aromatic carbocycles. The zero-order valence-corrected chi connectivity index (χ0v) is 39.1. The van der Waals surface area contributed by atoms with E-state index in [1.54, 1.807) is 0 Å². The molecular formula is C33H37N9O20S6. The fourth-order valence-electron chi connectivity index (χ4n) is 5.01. The van der Waals surface area contributed by atoms with E-state index in [9.17, 15) is 56.5 Å². The Kier molecular flexibility index (Phi) is 19.2. The lowest BCUT2D eigenvalue weighted by Gasteiger charge is -2.13. The van der Waals surface area contributed by atoms with Crippen LogP contribution in [0.1, 0.15) is 10.4 Å². The van der Waals surface area contributed by atoms with Crippen LogP contribution in [0.4, 0.5) is 45.5 Å². The average molecular weight is 1070 g/mol. The number of anilines is 2. The normalized spacial score (nSPS) is 13.0. The van der Waals surface area contributed by atoms with E-state index in [2.05, 4.69) is 44.4 Å². The number of nitrogen functional groups attached to an aromatic ring is 2. The molecule has 0 unspecified atom stereocenters. The number of hydrogen-bond donors (Lipinski definition) is 8. The molecule has 68 heavy (non-hydrogen) atoms. The maximum absolute atomic E-state index is 12.9. The van der Waals surface area contributed by atoms with Gasteiger partial charge in [0, 0.05) is 18.0 Å². The predicted molar refractivity (Wildman–Crippen MR) is 236 cm³/mol.